The van der Waals surface area contributed by atoms with Crippen LogP contribution >= 0.6 is 0 Å². The van der Waals surface area contributed by atoms with Gasteiger partial charge in [-0.25, -0.2) is 4.90 Å². The maximum atomic E-state index is 14.4. The van der Waals surface area contributed by atoms with E-state index in [1.807, 2.05) is 19.1 Å². The largest absolute Gasteiger partial charge is 0.508 e. The van der Waals surface area contributed by atoms with Gasteiger partial charge >= 0.3 is 5.97 Å². The van der Waals surface area contributed by atoms with E-state index in [9.17, 15) is 34.2 Å². The molecule has 43 heavy (non-hydrogen) atoms. The SMILES string of the molecule is CC12C(=O)N(c3ccccc3)C(=O)C1CC1C(=CCC3C(=O)N(CCC(=O)O)C(=O)C31)C2C1=COc2ccc(O)cc2C1. The van der Waals surface area contributed by atoms with Gasteiger partial charge in [-0.15, -0.1) is 0 Å². The van der Waals surface area contributed by atoms with Crippen molar-refractivity contribution < 1.29 is 38.9 Å². The van der Waals surface area contributed by atoms with Crippen molar-refractivity contribution >= 4 is 35.3 Å². The number of carboxylic acid groups (broad SMARTS) is 1. The highest BCUT2D eigenvalue weighted by atomic mass is 16.5. The van der Waals surface area contributed by atoms with Crippen molar-refractivity contribution in [1.29, 1.82) is 0 Å². The molecule has 3 aliphatic heterocycles. The number of rotatable bonds is 5. The van der Waals surface area contributed by atoms with Crippen molar-refractivity contribution in [3.05, 3.63) is 77.6 Å². The normalized spacial score (nSPS) is 31.0. The van der Waals surface area contributed by atoms with Gasteiger partial charge in [0.2, 0.25) is 23.6 Å². The van der Waals surface area contributed by atoms with Gasteiger partial charge in [0.1, 0.15) is 11.5 Å². The third-order valence-electron chi connectivity index (χ3n) is 10.1. The Balaban J connectivity index is 1.34. The van der Waals surface area contributed by atoms with Crippen molar-refractivity contribution in [1.82, 2.24) is 4.90 Å². The number of carbonyl (C=O) groups is 5. The minimum absolute atomic E-state index is 0.0767. The molecular weight excluding hydrogens is 552 g/mol. The van der Waals surface area contributed by atoms with Gasteiger partial charge < -0.3 is 14.9 Å². The zero-order chi connectivity index (χ0) is 30.2. The Morgan fingerprint density at radius 1 is 1.02 bits per heavy atom. The number of carboxylic acids is 1. The number of benzene rings is 2. The molecule has 0 bridgehead atoms. The Morgan fingerprint density at radius 2 is 1.79 bits per heavy atom. The summed E-state index contributed by atoms with van der Waals surface area (Å²) in [5, 5.41) is 19.4. The van der Waals surface area contributed by atoms with Crippen LogP contribution in [-0.4, -0.2) is 51.3 Å². The fraction of sp³-hybridized carbons (Fsp3) is 0.364. The summed E-state index contributed by atoms with van der Waals surface area (Å²) >= 11 is 0. The van der Waals surface area contributed by atoms with Gasteiger partial charge in [0.05, 0.1) is 41.5 Å². The van der Waals surface area contributed by atoms with E-state index in [1.165, 1.54) is 11.0 Å². The highest BCUT2D eigenvalue weighted by Crippen LogP contribution is 2.62. The molecule has 220 valence electrons. The first-order valence-corrected chi connectivity index (χ1v) is 14.5. The zero-order valence-electron chi connectivity index (χ0n) is 23.4. The monoisotopic (exact) mass is 582 g/mol. The van der Waals surface area contributed by atoms with Crippen LogP contribution in [0.25, 0.3) is 0 Å². The molecule has 2 aromatic carbocycles. The fourth-order valence-electron chi connectivity index (χ4n) is 8.16. The fourth-order valence-corrected chi connectivity index (χ4v) is 8.16. The van der Waals surface area contributed by atoms with Gasteiger partial charge in [-0.1, -0.05) is 29.8 Å². The van der Waals surface area contributed by atoms with Gasteiger partial charge in [0.25, 0.3) is 0 Å². The molecule has 2 N–H and O–H groups in total. The number of hydrogen-bond donors (Lipinski definition) is 2. The second-order valence-corrected chi connectivity index (χ2v) is 12.2. The summed E-state index contributed by atoms with van der Waals surface area (Å²) in [6.07, 6.45) is 4.07. The van der Waals surface area contributed by atoms with Crippen LogP contribution in [0.5, 0.6) is 11.5 Å². The second kappa shape index (κ2) is 9.65. The topological polar surface area (TPSA) is 142 Å². The Kier molecular flexibility index (Phi) is 6.09. The lowest BCUT2D eigenvalue weighted by atomic mass is 9.51. The maximum Gasteiger partial charge on any atom is 0.305 e. The predicted molar refractivity (Wildman–Crippen MR) is 151 cm³/mol. The number of para-hydroxylation sites is 1. The van der Waals surface area contributed by atoms with E-state index in [-0.39, 0.29) is 49.3 Å². The Hall–Kier alpha value is -4.73. The molecule has 0 aromatic heterocycles. The van der Waals surface area contributed by atoms with Crippen molar-refractivity contribution in [3.8, 4) is 11.5 Å². The quantitative estimate of drug-likeness (QED) is 0.404. The molecule has 3 heterocycles. The molecule has 6 unspecified atom stereocenters. The predicted octanol–water partition coefficient (Wildman–Crippen LogP) is 3.45. The van der Waals surface area contributed by atoms with Crippen molar-refractivity contribution in [3.63, 3.8) is 0 Å². The molecule has 0 spiro atoms. The van der Waals surface area contributed by atoms with E-state index < -0.39 is 46.9 Å². The van der Waals surface area contributed by atoms with E-state index >= 15 is 0 Å². The van der Waals surface area contributed by atoms with Gasteiger partial charge in [-0.3, -0.25) is 28.9 Å². The number of phenols is 1. The third-order valence-corrected chi connectivity index (χ3v) is 10.1. The maximum absolute atomic E-state index is 14.4. The number of imide groups is 2. The zero-order valence-corrected chi connectivity index (χ0v) is 23.4. The summed E-state index contributed by atoms with van der Waals surface area (Å²) < 4.78 is 5.99. The number of allylic oxidation sites excluding steroid dienone is 3. The number of fused-ring (bicyclic) bond motifs is 5. The summed E-state index contributed by atoms with van der Waals surface area (Å²) in [7, 11) is 0. The van der Waals surface area contributed by atoms with Crippen LogP contribution in [0, 0.1) is 35.0 Å². The molecule has 3 fully saturated rings. The minimum atomic E-state index is -1.19. The molecule has 2 saturated heterocycles. The Morgan fingerprint density at radius 3 is 2.53 bits per heavy atom. The van der Waals surface area contributed by atoms with E-state index in [2.05, 4.69) is 0 Å². The Bertz CT molecular complexity index is 1660. The summed E-state index contributed by atoms with van der Waals surface area (Å²) in [5.74, 6) is -5.19. The van der Waals surface area contributed by atoms with Gasteiger partial charge in [0, 0.05) is 24.4 Å². The number of aromatic hydroxyl groups is 1. The first-order valence-electron chi connectivity index (χ1n) is 14.5. The molecule has 2 aromatic rings. The van der Waals surface area contributed by atoms with Crippen molar-refractivity contribution in [2.75, 3.05) is 11.4 Å². The third kappa shape index (κ3) is 3.88. The van der Waals surface area contributed by atoms with E-state index in [0.29, 0.717) is 17.9 Å². The average molecular weight is 583 g/mol. The average Bonchev–Trinajstić information content (AvgIpc) is 3.35. The van der Waals surface area contributed by atoms with Gasteiger partial charge in [-0.2, -0.15) is 0 Å². The van der Waals surface area contributed by atoms with Crippen LogP contribution in [0.4, 0.5) is 5.69 Å². The van der Waals surface area contributed by atoms with Crippen molar-refractivity contribution in [2.45, 2.75) is 32.6 Å². The molecule has 5 aliphatic rings. The van der Waals surface area contributed by atoms with Crippen molar-refractivity contribution in [2.24, 2.45) is 35.0 Å². The van der Waals surface area contributed by atoms with Crippen LogP contribution in [0.3, 0.4) is 0 Å². The molecule has 7 rings (SSSR count). The lowest BCUT2D eigenvalue weighted by Crippen LogP contribution is -2.51. The lowest BCUT2D eigenvalue weighted by Gasteiger charge is -2.49. The molecule has 10 heteroatoms. The number of nitrogens with zero attached hydrogens (tertiary/aromatic N) is 2. The van der Waals surface area contributed by atoms with Crippen LogP contribution < -0.4 is 9.64 Å². The lowest BCUT2D eigenvalue weighted by molar-refractivity contribution is -0.142. The van der Waals surface area contributed by atoms with Crippen LogP contribution in [0.2, 0.25) is 0 Å². The molecule has 6 atom stereocenters. The molecule has 1 saturated carbocycles. The smallest absolute Gasteiger partial charge is 0.305 e. The highest BCUT2D eigenvalue weighted by Gasteiger charge is 2.68. The van der Waals surface area contributed by atoms with E-state index in [1.54, 1.807) is 42.7 Å². The Labute approximate surface area is 247 Å². The standard InChI is InChI=1S/C33H30N2O8/c1-33-24(30(40)35(32(33)42)19-5-3-2-4-6-19)15-23-21(28(33)18-13-17-14-20(36)7-10-25(17)43-16-18)8-9-22-27(23)31(41)34(29(22)39)12-11-26(37)38/h2-8,10,14,16,22-24,27-28,36H,9,11-13,15H2,1H3,(H,37,38). The number of ether oxygens (including phenoxy) is 1. The second-order valence-electron chi connectivity index (χ2n) is 12.2. The first kappa shape index (κ1) is 27.1. The van der Waals surface area contributed by atoms with Gasteiger partial charge in [0.15, 0.2) is 0 Å². The first-order chi connectivity index (χ1) is 20.6. The number of phenolic OH excluding ortho intramolecular Hbond substituents is 1. The number of hydrogen-bond acceptors (Lipinski definition) is 7. The van der Waals surface area contributed by atoms with Crippen LogP contribution in [-0.2, 0) is 30.4 Å². The van der Waals surface area contributed by atoms with Gasteiger partial charge in [-0.05, 0) is 61.6 Å². The van der Waals surface area contributed by atoms with Crippen LogP contribution in [0.15, 0.2) is 72.0 Å². The summed E-state index contributed by atoms with van der Waals surface area (Å²) in [6.45, 7) is 1.61. The van der Waals surface area contributed by atoms with E-state index in [4.69, 9.17) is 4.74 Å². The number of likely N-dealkylation sites (tertiary alicyclic amines) is 1. The molecule has 10 nitrogen and oxygen atoms in total. The number of carbonyl (C=O) groups excluding carboxylic acids is 4. The molecular formula is C33H30N2O8. The minimum Gasteiger partial charge on any atom is -0.508 e. The highest BCUT2D eigenvalue weighted by molar-refractivity contribution is 6.24. The summed E-state index contributed by atoms with van der Waals surface area (Å²) in [4.78, 5) is 69.2. The molecule has 4 amide bonds. The van der Waals surface area contributed by atoms with Crippen LogP contribution in [0.1, 0.15) is 31.7 Å². The number of aliphatic carboxylic acids is 1. The number of amides is 4. The summed E-state index contributed by atoms with van der Waals surface area (Å²) in [6, 6.07) is 13.6. The number of anilines is 1. The van der Waals surface area contributed by atoms with E-state index in [0.717, 1.165) is 21.6 Å². The molecule has 0 radical (unpaired) electrons. The summed E-state index contributed by atoms with van der Waals surface area (Å²) in [5.41, 5.74) is 1.59. The molecule has 2 aliphatic carbocycles.